The molecule has 1 fully saturated rings. The molecule has 6 nitrogen and oxygen atoms in total. The first-order valence-electron chi connectivity index (χ1n) is 6.40. The quantitative estimate of drug-likeness (QED) is 0.766. The summed E-state index contributed by atoms with van der Waals surface area (Å²) in [5.41, 5.74) is -5.66. The first-order valence-corrected chi connectivity index (χ1v) is 7.88. The van der Waals surface area contributed by atoms with Gasteiger partial charge in [-0.05, 0) is 31.2 Å². The summed E-state index contributed by atoms with van der Waals surface area (Å²) >= 11 is 0. The molecule has 0 aliphatic carbocycles. The Hall–Kier alpha value is -1.81. The van der Waals surface area contributed by atoms with Gasteiger partial charge in [0.1, 0.15) is 0 Å². The van der Waals surface area contributed by atoms with E-state index in [4.69, 9.17) is 0 Å². The van der Waals surface area contributed by atoms with Crippen LogP contribution >= 0.6 is 0 Å². The number of nitrogens with one attached hydrogen (secondary N) is 3. The molecule has 1 atom stereocenters. The fraction of sp³-hybridized carbons (Fsp3) is 0.417. The number of rotatable bonds is 4. The highest BCUT2D eigenvalue weighted by atomic mass is 32.2. The number of carbonyl (C=O) groups is 1. The van der Waals surface area contributed by atoms with Crippen LogP contribution in [-0.2, 0) is 10.0 Å². The molecule has 1 aromatic rings. The van der Waals surface area contributed by atoms with Gasteiger partial charge in [0.2, 0.25) is 0 Å². The highest BCUT2D eigenvalue weighted by Gasteiger charge is 2.46. The number of halogens is 3. The van der Waals surface area contributed by atoms with E-state index in [2.05, 4.69) is 10.6 Å². The fourth-order valence-corrected chi connectivity index (χ4v) is 2.54. The minimum Gasteiger partial charge on any atom is -0.348 e. The highest BCUT2D eigenvalue weighted by Crippen LogP contribution is 2.25. The zero-order valence-corrected chi connectivity index (χ0v) is 12.1. The van der Waals surface area contributed by atoms with Crippen LogP contribution in [0, 0.1) is 0 Å². The van der Waals surface area contributed by atoms with Crippen LogP contribution in [0.1, 0.15) is 16.8 Å². The van der Waals surface area contributed by atoms with Crippen LogP contribution in [0.5, 0.6) is 0 Å². The summed E-state index contributed by atoms with van der Waals surface area (Å²) in [6, 6.07) is 4.83. The number of benzene rings is 1. The summed E-state index contributed by atoms with van der Waals surface area (Å²) in [5, 5.41) is 5.77. The molecule has 1 aliphatic rings. The normalized spacial score (nSPS) is 19.0. The molecule has 22 heavy (non-hydrogen) atoms. The van der Waals surface area contributed by atoms with Crippen molar-refractivity contribution in [1.82, 2.24) is 10.6 Å². The van der Waals surface area contributed by atoms with Crippen LogP contribution < -0.4 is 15.4 Å². The van der Waals surface area contributed by atoms with E-state index < -0.39 is 21.4 Å². The Balaban J connectivity index is 2.11. The molecule has 0 bridgehead atoms. The number of anilines is 1. The fourth-order valence-electron chi connectivity index (χ4n) is 1.98. The first-order chi connectivity index (χ1) is 10.2. The predicted octanol–water partition coefficient (Wildman–Crippen LogP) is 1.04. The van der Waals surface area contributed by atoms with Crippen LogP contribution in [0.2, 0.25) is 0 Å². The Labute approximate surface area is 125 Å². The Kier molecular flexibility index (Phi) is 4.61. The van der Waals surface area contributed by atoms with Crippen molar-refractivity contribution in [2.75, 3.05) is 17.8 Å². The Morgan fingerprint density at radius 2 is 2.05 bits per heavy atom. The molecule has 1 amide bonds. The molecule has 0 radical (unpaired) electrons. The lowest BCUT2D eigenvalue weighted by Crippen LogP contribution is -2.36. The molecule has 0 aromatic heterocycles. The van der Waals surface area contributed by atoms with Gasteiger partial charge in [-0.15, -0.1) is 0 Å². The van der Waals surface area contributed by atoms with Crippen molar-refractivity contribution in [1.29, 1.82) is 0 Å². The molecule has 1 aliphatic heterocycles. The van der Waals surface area contributed by atoms with Crippen LogP contribution in [0.25, 0.3) is 0 Å². The van der Waals surface area contributed by atoms with Gasteiger partial charge in [0.15, 0.2) is 0 Å². The van der Waals surface area contributed by atoms with E-state index in [-0.39, 0.29) is 17.3 Å². The second-order valence-corrected chi connectivity index (χ2v) is 6.47. The van der Waals surface area contributed by atoms with Gasteiger partial charge in [0.05, 0.1) is 0 Å². The monoisotopic (exact) mass is 337 g/mol. The van der Waals surface area contributed by atoms with Gasteiger partial charge >= 0.3 is 15.5 Å². The molecule has 1 heterocycles. The molecular formula is C12H14F3N3O3S. The predicted molar refractivity (Wildman–Crippen MR) is 73.8 cm³/mol. The minimum absolute atomic E-state index is 0.0528. The number of amides is 1. The average molecular weight is 337 g/mol. The smallest absolute Gasteiger partial charge is 0.348 e. The number of hydrogen-bond acceptors (Lipinski definition) is 4. The maximum atomic E-state index is 12.3. The lowest BCUT2D eigenvalue weighted by Gasteiger charge is -2.13. The lowest BCUT2D eigenvalue weighted by atomic mass is 10.1. The SMILES string of the molecule is O=C(NC1CCNC1)c1cccc(NS(=O)(=O)C(F)(F)F)c1. The van der Waals surface area contributed by atoms with Crippen LogP contribution in [0.15, 0.2) is 24.3 Å². The van der Waals surface area contributed by atoms with Crippen LogP contribution in [0.3, 0.4) is 0 Å². The topological polar surface area (TPSA) is 87.3 Å². The van der Waals surface area contributed by atoms with E-state index in [1.165, 1.54) is 16.9 Å². The standard InChI is InChI=1S/C12H14F3N3O3S/c13-12(14,15)22(20,21)18-9-3-1-2-8(6-9)11(19)17-10-4-5-16-7-10/h1-3,6,10,16,18H,4-5,7H2,(H,17,19). The summed E-state index contributed by atoms with van der Waals surface area (Å²) in [4.78, 5) is 12.0. The summed E-state index contributed by atoms with van der Waals surface area (Å²) in [5.74, 6) is -0.471. The summed E-state index contributed by atoms with van der Waals surface area (Å²) in [6.45, 7) is 1.39. The Bertz CT molecular complexity index is 655. The van der Waals surface area contributed by atoms with Crippen molar-refractivity contribution in [2.45, 2.75) is 18.0 Å². The van der Waals surface area contributed by atoms with Crippen molar-refractivity contribution in [3.05, 3.63) is 29.8 Å². The van der Waals surface area contributed by atoms with Gasteiger partial charge in [-0.3, -0.25) is 9.52 Å². The third-order valence-corrected chi connectivity index (χ3v) is 4.19. The number of carbonyl (C=O) groups excluding carboxylic acids is 1. The maximum absolute atomic E-state index is 12.3. The van der Waals surface area contributed by atoms with Gasteiger partial charge < -0.3 is 10.6 Å². The summed E-state index contributed by atoms with van der Waals surface area (Å²) in [7, 11) is -5.51. The summed E-state index contributed by atoms with van der Waals surface area (Å²) < 4.78 is 60.4. The van der Waals surface area contributed by atoms with Crippen LogP contribution in [0.4, 0.5) is 18.9 Å². The second-order valence-electron chi connectivity index (χ2n) is 4.80. The van der Waals surface area contributed by atoms with Crippen molar-refractivity contribution >= 4 is 21.6 Å². The molecular weight excluding hydrogens is 323 g/mol. The van der Waals surface area contributed by atoms with E-state index >= 15 is 0 Å². The zero-order valence-electron chi connectivity index (χ0n) is 11.3. The lowest BCUT2D eigenvalue weighted by molar-refractivity contribution is -0.0429. The number of hydrogen-bond donors (Lipinski definition) is 3. The highest BCUT2D eigenvalue weighted by molar-refractivity contribution is 7.93. The molecule has 0 saturated carbocycles. The Morgan fingerprint density at radius 3 is 2.64 bits per heavy atom. The molecule has 3 N–H and O–H groups in total. The number of alkyl halides is 3. The minimum atomic E-state index is -5.51. The summed E-state index contributed by atoms with van der Waals surface area (Å²) in [6.07, 6.45) is 0.756. The second kappa shape index (κ2) is 6.13. The zero-order chi connectivity index (χ0) is 16.4. The van der Waals surface area contributed by atoms with Gasteiger partial charge in [-0.25, -0.2) is 0 Å². The molecule has 1 aromatic carbocycles. The van der Waals surface area contributed by atoms with Gasteiger partial charge in [0.25, 0.3) is 5.91 Å². The Morgan fingerprint density at radius 1 is 1.32 bits per heavy atom. The number of sulfonamides is 1. The average Bonchev–Trinajstić information content (AvgIpc) is 2.90. The maximum Gasteiger partial charge on any atom is 0.516 e. The van der Waals surface area contributed by atoms with Crippen molar-refractivity contribution < 1.29 is 26.4 Å². The largest absolute Gasteiger partial charge is 0.516 e. The van der Waals surface area contributed by atoms with Crippen molar-refractivity contribution in [3.63, 3.8) is 0 Å². The van der Waals surface area contributed by atoms with Gasteiger partial charge in [0, 0.05) is 23.8 Å². The van der Waals surface area contributed by atoms with Gasteiger partial charge in [-0.1, -0.05) is 6.07 Å². The first kappa shape index (κ1) is 16.6. The molecule has 2 rings (SSSR count). The molecule has 1 unspecified atom stereocenters. The van der Waals surface area contributed by atoms with E-state index in [9.17, 15) is 26.4 Å². The van der Waals surface area contributed by atoms with E-state index in [0.717, 1.165) is 25.1 Å². The third-order valence-electron chi connectivity index (χ3n) is 3.08. The molecule has 122 valence electrons. The van der Waals surface area contributed by atoms with Crippen molar-refractivity contribution in [3.8, 4) is 0 Å². The van der Waals surface area contributed by atoms with E-state index in [1.54, 1.807) is 0 Å². The molecule has 0 spiro atoms. The third kappa shape index (κ3) is 3.89. The van der Waals surface area contributed by atoms with Crippen molar-refractivity contribution in [2.24, 2.45) is 0 Å². The van der Waals surface area contributed by atoms with Gasteiger partial charge in [-0.2, -0.15) is 21.6 Å². The molecule has 1 saturated heterocycles. The van der Waals surface area contributed by atoms with Crippen LogP contribution in [-0.4, -0.2) is 39.0 Å². The van der Waals surface area contributed by atoms with E-state index in [1.807, 2.05) is 0 Å². The van der Waals surface area contributed by atoms with E-state index in [0.29, 0.717) is 6.54 Å². The molecule has 10 heteroatoms.